The van der Waals surface area contributed by atoms with Crippen molar-refractivity contribution in [2.45, 2.75) is 26.2 Å². The molecule has 0 bridgehead atoms. The predicted molar refractivity (Wildman–Crippen MR) is 81.6 cm³/mol. The number of benzene rings is 1. The lowest BCUT2D eigenvalue weighted by atomic mass is 9.95. The number of carbonyl (C=O) groups is 1. The number of nitrogens with zero attached hydrogens (tertiary/aromatic N) is 1. The minimum absolute atomic E-state index is 0.0434. The van der Waals surface area contributed by atoms with Gasteiger partial charge in [-0.05, 0) is 42.2 Å². The minimum Gasteiger partial charge on any atom is -0.494 e. The van der Waals surface area contributed by atoms with Crippen LogP contribution >= 0.6 is 0 Å². The van der Waals surface area contributed by atoms with Gasteiger partial charge in [0.1, 0.15) is 11.6 Å². The zero-order valence-corrected chi connectivity index (χ0v) is 12.1. The van der Waals surface area contributed by atoms with Crippen molar-refractivity contribution in [1.29, 1.82) is 0 Å². The number of rotatable bonds is 4. The summed E-state index contributed by atoms with van der Waals surface area (Å²) in [6.07, 6.45) is 3.82. The van der Waals surface area contributed by atoms with E-state index in [0.717, 1.165) is 29.7 Å². The molecule has 21 heavy (non-hydrogen) atoms. The molecule has 4 heteroatoms. The van der Waals surface area contributed by atoms with Crippen LogP contribution in [0.25, 0.3) is 0 Å². The van der Waals surface area contributed by atoms with Crippen LogP contribution in [-0.2, 0) is 17.6 Å². The number of pyridine rings is 1. The molecule has 1 N–H and O–H groups in total. The molecule has 0 spiro atoms. The van der Waals surface area contributed by atoms with Crippen molar-refractivity contribution >= 4 is 11.7 Å². The van der Waals surface area contributed by atoms with Crippen LogP contribution in [0.15, 0.2) is 36.5 Å². The van der Waals surface area contributed by atoms with Crippen LogP contribution in [0.5, 0.6) is 5.75 Å². The van der Waals surface area contributed by atoms with Gasteiger partial charge in [0, 0.05) is 19.0 Å². The molecule has 1 aromatic heterocycles. The highest BCUT2D eigenvalue weighted by Crippen LogP contribution is 2.28. The summed E-state index contributed by atoms with van der Waals surface area (Å²) in [5.74, 6) is 1.67. The highest BCUT2D eigenvalue weighted by molar-refractivity contribution is 5.93. The summed E-state index contributed by atoms with van der Waals surface area (Å²) in [7, 11) is 0. The Labute approximate surface area is 124 Å². The van der Waals surface area contributed by atoms with E-state index >= 15 is 0 Å². The molecule has 108 valence electrons. The van der Waals surface area contributed by atoms with Gasteiger partial charge in [0.25, 0.3) is 0 Å². The molecule has 1 aliphatic rings. The quantitative estimate of drug-likeness (QED) is 0.938. The van der Waals surface area contributed by atoms with Crippen molar-refractivity contribution in [2.24, 2.45) is 0 Å². The average molecular weight is 282 g/mol. The van der Waals surface area contributed by atoms with Gasteiger partial charge in [0.05, 0.1) is 6.61 Å². The van der Waals surface area contributed by atoms with E-state index in [4.69, 9.17) is 4.74 Å². The molecule has 0 saturated heterocycles. The summed E-state index contributed by atoms with van der Waals surface area (Å²) in [5, 5.41) is 2.84. The second-order valence-electron chi connectivity index (χ2n) is 5.06. The molecular formula is C17H18N2O2. The number of amides is 1. The number of hydrogen-bond acceptors (Lipinski definition) is 3. The van der Waals surface area contributed by atoms with E-state index in [1.807, 2.05) is 31.2 Å². The van der Waals surface area contributed by atoms with E-state index in [2.05, 4.69) is 16.4 Å². The van der Waals surface area contributed by atoms with Gasteiger partial charge in [-0.15, -0.1) is 0 Å². The van der Waals surface area contributed by atoms with E-state index in [1.54, 1.807) is 6.20 Å². The Morgan fingerprint density at radius 1 is 1.19 bits per heavy atom. The van der Waals surface area contributed by atoms with Crippen LogP contribution in [-0.4, -0.2) is 17.5 Å². The molecule has 2 heterocycles. The monoisotopic (exact) mass is 282 g/mol. The lowest BCUT2D eigenvalue weighted by molar-refractivity contribution is -0.116. The van der Waals surface area contributed by atoms with Crippen LogP contribution in [0.3, 0.4) is 0 Å². The number of hydrogen-bond donors (Lipinski definition) is 1. The molecule has 0 aliphatic carbocycles. The maximum absolute atomic E-state index is 11.5. The summed E-state index contributed by atoms with van der Waals surface area (Å²) >= 11 is 0. The highest BCUT2D eigenvalue weighted by atomic mass is 16.5. The molecule has 0 atom stereocenters. The molecular weight excluding hydrogens is 264 g/mol. The third-order valence-electron chi connectivity index (χ3n) is 3.67. The maximum atomic E-state index is 11.5. The first-order valence-electron chi connectivity index (χ1n) is 7.25. The first-order valence-corrected chi connectivity index (χ1v) is 7.25. The molecule has 1 aliphatic heterocycles. The predicted octanol–water partition coefficient (Wildman–Crippen LogP) is 2.96. The number of ether oxygens (including phenoxy) is 1. The lowest BCUT2D eigenvalue weighted by Crippen LogP contribution is -2.21. The first-order chi connectivity index (χ1) is 10.3. The SMILES string of the molecule is CCOc1ccccc1Cc1ccnc2c1CCC(=O)N2. The zero-order valence-electron chi connectivity index (χ0n) is 12.1. The Balaban J connectivity index is 1.92. The second kappa shape index (κ2) is 5.95. The maximum Gasteiger partial charge on any atom is 0.225 e. The highest BCUT2D eigenvalue weighted by Gasteiger charge is 2.19. The standard InChI is InChI=1S/C17H18N2O2/c1-2-21-15-6-4-3-5-13(15)11-12-9-10-18-17-14(12)7-8-16(20)19-17/h3-6,9-10H,2,7-8,11H2,1H3,(H,18,19,20). The molecule has 4 nitrogen and oxygen atoms in total. The molecule has 2 aromatic rings. The van der Waals surface area contributed by atoms with Crippen molar-refractivity contribution in [2.75, 3.05) is 11.9 Å². The van der Waals surface area contributed by atoms with Crippen molar-refractivity contribution in [3.8, 4) is 5.75 Å². The average Bonchev–Trinajstić information content (AvgIpc) is 2.49. The Hall–Kier alpha value is -2.36. The van der Waals surface area contributed by atoms with Crippen molar-refractivity contribution < 1.29 is 9.53 Å². The number of carbonyl (C=O) groups excluding carboxylic acids is 1. The molecule has 0 radical (unpaired) electrons. The Bertz CT molecular complexity index is 668. The molecule has 3 rings (SSSR count). The summed E-state index contributed by atoms with van der Waals surface area (Å²) in [6.45, 7) is 2.64. The van der Waals surface area contributed by atoms with Gasteiger partial charge in [-0.1, -0.05) is 18.2 Å². The van der Waals surface area contributed by atoms with Crippen LogP contribution in [0.1, 0.15) is 30.0 Å². The second-order valence-corrected chi connectivity index (χ2v) is 5.06. The van der Waals surface area contributed by atoms with Gasteiger partial charge in [-0.3, -0.25) is 4.79 Å². The minimum atomic E-state index is 0.0434. The summed E-state index contributed by atoms with van der Waals surface area (Å²) < 4.78 is 5.68. The number of para-hydroxylation sites is 1. The molecule has 1 amide bonds. The van der Waals surface area contributed by atoms with Gasteiger partial charge in [-0.25, -0.2) is 4.98 Å². The van der Waals surface area contributed by atoms with E-state index in [-0.39, 0.29) is 5.91 Å². The van der Waals surface area contributed by atoms with E-state index in [9.17, 15) is 4.79 Å². The fraction of sp³-hybridized carbons (Fsp3) is 0.294. The summed E-state index contributed by atoms with van der Waals surface area (Å²) in [5.41, 5.74) is 3.50. The zero-order chi connectivity index (χ0) is 14.7. The third kappa shape index (κ3) is 2.89. The molecule has 1 aromatic carbocycles. The molecule has 0 unspecified atom stereocenters. The fourth-order valence-electron chi connectivity index (χ4n) is 2.67. The number of nitrogens with one attached hydrogen (secondary N) is 1. The smallest absolute Gasteiger partial charge is 0.225 e. The van der Waals surface area contributed by atoms with Crippen LogP contribution in [0, 0.1) is 0 Å². The van der Waals surface area contributed by atoms with Gasteiger partial charge < -0.3 is 10.1 Å². The van der Waals surface area contributed by atoms with E-state index in [1.165, 1.54) is 5.56 Å². The van der Waals surface area contributed by atoms with E-state index < -0.39 is 0 Å². The van der Waals surface area contributed by atoms with E-state index in [0.29, 0.717) is 18.8 Å². The van der Waals surface area contributed by atoms with Crippen molar-refractivity contribution in [3.05, 3.63) is 53.2 Å². The van der Waals surface area contributed by atoms with Gasteiger partial charge in [0.2, 0.25) is 5.91 Å². The Morgan fingerprint density at radius 2 is 2.05 bits per heavy atom. The van der Waals surface area contributed by atoms with Gasteiger partial charge in [0.15, 0.2) is 0 Å². The Morgan fingerprint density at radius 3 is 2.90 bits per heavy atom. The van der Waals surface area contributed by atoms with Crippen molar-refractivity contribution in [1.82, 2.24) is 4.98 Å². The first kappa shape index (κ1) is 13.6. The fourth-order valence-corrected chi connectivity index (χ4v) is 2.67. The number of anilines is 1. The largest absolute Gasteiger partial charge is 0.494 e. The van der Waals surface area contributed by atoms with Gasteiger partial charge >= 0.3 is 0 Å². The van der Waals surface area contributed by atoms with Crippen molar-refractivity contribution in [3.63, 3.8) is 0 Å². The molecule has 0 fully saturated rings. The topological polar surface area (TPSA) is 51.2 Å². The van der Waals surface area contributed by atoms with Crippen LogP contribution < -0.4 is 10.1 Å². The third-order valence-corrected chi connectivity index (χ3v) is 3.67. The number of aromatic nitrogens is 1. The molecule has 0 saturated carbocycles. The lowest BCUT2D eigenvalue weighted by Gasteiger charge is -2.19. The van der Waals surface area contributed by atoms with Crippen LogP contribution in [0.2, 0.25) is 0 Å². The Kier molecular flexibility index (Phi) is 3.86. The number of fused-ring (bicyclic) bond motifs is 1. The van der Waals surface area contributed by atoms with Crippen LogP contribution in [0.4, 0.5) is 5.82 Å². The summed E-state index contributed by atoms with van der Waals surface area (Å²) in [6, 6.07) is 10.1. The van der Waals surface area contributed by atoms with Gasteiger partial charge in [-0.2, -0.15) is 0 Å². The summed E-state index contributed by atoms with van der Waals surface area (Å²) in [4.78, 5) is 15.7. The normalized spacial score (nSPS) is 13.5.